The molecule has 112 valence electrons. The Hall–Kier alpha value is -0.0800. The van der Waals surface area contributed by atoms with Crippen molar-refractivity contribution in [2.75, 3.05) is 20.1 Å². The van der Waals surface area contributed by atoms with Crippen LogP contribution >= 0.6 is 0 Å². The second kappa shape index (κ2) is 7.08. The van der Waals surface area contributed by atoms with E-state index in [1.165, 1.54) is 51.6 Å². The van der Waals surface area contributed by atoms with Crippen molar-refractivity contribution in [2.45, 2.75) is 71.4 Å². The van der Waals surface area contributed by atoms with Gasteiger partial charge in [-0.2, -0.15) is 0 Å². The maximum absolute atomic E-state index is 3.81. The summed E-state index contributed by atoms with van der Waals surface area (Å²) >= 11 is 0. The smallest absolute Gasteiger partial charge is 0.0249 e. The van der Waals surface area contributed by atoms with Crippen LogP contribution in [0.1, 0.15) is 59.3 Å². The first-order valence-corrected chi connectivity index (χ1v) is 8.59. The van der Waals surface area contributed by atoms with Crippen LogP contribution in [0.25, 0.3) is 0 Å². The quantitative estimate of drug-likeness (QED) is 0.758. The number of hydrogen-bond donors (Lipinski definition) is 1. The van der Waals surface area contributed by atoms with Gasteiger partial charge in [-0.15, -0.1) is 0 Å². The average molecular weight is 266 g/mol. The van der Waals surface area contributed by atoms with Crippen molar-refractivity contribution < 1.29 is 0 Å². The Labute approximate surface area is 120 Å². The Morgan fingerprint density at radius 2 is 1.89 bits per heavy atom. The van der Waals surface area contributed by atoms with Crippen molar-refractivity contribution in [1.82, 2.24) is 10.2 Å². The molecule has 0 aliphatic heterocycles. The highest BCUT2D eigenvalue weighted by Gasteiger charge is 2.37. The van der Waals surface area contributed by atoms with Crippen LogP contribution in [0.5, 0.6) is 0 Å². The second-order valence-electron chi connectivity index (χ2n) is 7.13. The van der Waals surface area contributed by atoms with Crippen molar-refractivity contribution in [2.24, 2.45) is 17.8 Å². The molecule has 5 unspecified atom stereocenters. The highest BCUT2D eigenvalue weighted by atomic mass is 15.2. The summed E-state index contributed by atoms with van der Waals surface area (Å²) in [6, 6.07) is 1.51. The van der Waals surface area contributed by atoms with E-state index in [0.717, 1.165) is 29.8 Å². The van der Waals surface area contributed by atoms with Gasteiger partial charge in [-0.25, -0.2) is 0 Å². The van der Waals surface area contributed by atoms with Crippen LogP contribution in [0.3, 0.4) is 0 Å². The lowest BCUT2D eigenvalue weighted by atomic mass is 9.80. The number of rotatable bonds is 7. The normalized spacial score (nSPS) is 38.7. The maximum atomic E-state index is 3.81. The molecule has 0 aromatic carbocycles. The van der Waals surface area contributed by atoms with E-state index >= 15 is 0 Å². The Balaban J connectivity index is 1.89. The van der Waals surface area contributed by atoms with Gasteiger partial charge >= 0.3 is 0 Å². The van der Waals surface area contributed by atoms with Gasteiger partial charge in [-0.3, -0.25) is 0 Å². The summed E-state index contributed by atoms with van der Waals surface area (Å²) in [6.07, 6.45) is 8.31. The van der Waals surface area contributed by atoms with Crippen LogP contribution in [0.2, 0.25) is 0 Å². The summed E-state index contributed by atoms with van der Waals surface area (Å²) in [5.41, 5.74) is 0. The summed E-state index contributed by atoms with van der Waals surface area (Å²) in [4.78, 5) is 2.68. The van der Waals surface area contributed by atoms with Crippen LogP contribution in [-0.2, 0) is 0 Å². The van der Waals surface area contributed by atoms with E-state index in [4.69, 9.17) is 0 Å². The molecule has 5 atom stereocenters. The third kappa shape index (κ3) is 4.19. The molecule has 2 saturated carbocycles. The first-order chi connectivity index (χ1) is 9.15. The minimum Gasteiger partial charge on any atom is -0.312 e. The Morgan fingerprint density at radius 3 is 2.47 bits per heavy atom. The van der Waals surface area contributed by atoms with Gasteiger partial charge in [-0.05, 0) is 63.5 Å². The van der Waals surface area contributed by atoms with Gasteiger partial charge in [-0.1, -0.05) is 27.2 Å². The first kappa shape index (κ1) is 15.3. The van der Waals surface area contributed by atoms with Gasteiger partial charge < -0.3 is 10.2 Å². The number of nitrogens with one attached hydrogen (secondary N) is 1. The summed E-state index contributed by atoms with van der Waals surface area (Å²) in [7, 11) is 2.37. The van der Waals surface area contributed by atoms with E-state index in [1.807, 2.05) is 0 Å². The van der Waals surface area contributed by atoms with Crippen LogP contribution in [-0.4, -0.2) is 37.1 Å². The second-order valence-corrected chi connectivity index (χ2v) is 7.13. The molecule has 1 N–H and O–H groups in total. The third-order valence-corrected chi connectivity index (χ3v) is 5.52. The van der Waals surface area contributed by atoms with Gasteiger partial charge in [0.2, 0.25) is 0 Å². The predicted molar refractivity (Wildman–Crippen MR) is 83.4 cm³/mol. The molecule has 2 nitrogen and oxygen atoms in total. The number of hydrogen-bond acceptors (Lipinski definition) is 2. The molecular formula is C17H34N2. The van der Waals surface area contributed by atoms with Crippen molar-refractivity contribution in [3.63, 3.8) is 0 Å². The van der Waals surface area contributed by atoms with Crippen LogP contribution in [0, 0.1) is 17.8 Å². The molecule has 2 aliphatic rings. The zero-order chi connectivity index (χ0) is 13.8. The fourth-order valence-electron chi connectivity index (χ4n) is 3.82. The van der Waals surface area contributed by atoms with E-state index in [0.29, 0.717) is 0 Å². The molecule has 0 heterocycles. The molecule has 0 spiro atoms. The molecule has 0 saturated heterocycles. The molecule has 0 radical (unpaired) electrons. The highest BCUT2D eigenvalue weighted by molar-refractivity contribution is 4.93. The zero-order valence-electron chi connectivity index (χ0n) is 13.5. The number of nitrogens with zero attached hydrogens (tertiary/aromatic N) is 1. The first-order valence-electron chi connectivity index (χ1n) is 8.59. The lowest BCUT2D eigenvalue weighted by Gasteiger charge is -2.42. The van der Waals surface area contributed by atoms with Crippen molar-refractivity contribution >= 4 is 0 Å². The third-order valence-electron chi connectivity index (χ3n) is 5.52. The van der Waals surface area contributed by atoms with Crippen molar-refractivity contribution in [3.05, 3.63) is 0 Å². The van der Waals surface area contributed by atoms with Gasteiger partial charge in [0.15, 0.2) is 0 Å². The molecule has 2 fully saturated rings. The average Bonchev–Trinajstić information content (AvgIpc) is 3.11. The minimum absolute atomic E-state index is 0.738. The summed E-state index contributed by atoms with van der Waals surface area (Å²) < 4.78 is 0. The standard InChI is InChI=1S/C17H34N2/c1-5-9-18-16-8-7-14(6-2)11-17(16)19(4)12-15-10-13(15)3/h13-18H,5-12H2,1-4H3. The summed E-state index contributed by atoms with van der Waals surface area (Å²) in [5, 5.41) is 3.81. The lowest BCUT2D eigenvalue weighted by Crippen LogP contribution is -2.52. The molecule has 0 amide bonds. The van der Waals surface area contributed by atoms with Crippen LogP contribution in [0.4, 0.5) is 0 Å². The predicted octanol–water partition coefficient (Wildman–Crippen LogP) is 3.52. The number of likely N-dealkylation sites (N-methyl/N-ethyl adjacent to an activating group) is 1. The fourth-order valence-corrected chi connectivity index (χ4v) is 3.82. The Bertz CT molecular complexity index is 266. The molecule has 2 aliphatic carbocycles. The maximum Gasteiger partial charge on any atom is 0.0249 e. The molecule has 2 rings (SSSR count). The largest absolute Gasteiger partial charge is 0.312 e. The Morgan fingerprint density at radius 1 is 1.16 bits per heavy atom. The lowest BCUT2D eigenvalue weighted by molar-refractivity contribution is 0.113. The van der Waals surface area contributed by atoms with Crippen molar-refractivity contribution in [3.8, 4) is 0 Å². The zero-order valence-corrected chi connectivity index (χ0v) is 13.5. The highest BCUT2D eigenvalue weighted by Crippen LogP contribution is 2.39. The SMILES string of the molecule is CCCNC1CCC(CC)CC1N(C)CC1CC1C. The van der Waals surface area contributed by atoms with E-state index in [-0.39, 0.29) is 0 Å². The van der Waals surface area contributed by atoms with E-state index in [2.05, 4.69) is 38.0 Å². The van der Waals surface area contributed by atoms with E-state index in [1.54, 1.807) is 0 Å². The Kier molecular flexibility index (Phi) is 5.70. The van der Waals surface area contributed by atoms with E-state index in [9.17, 15) is 0 Å². The molecule has 0 aromatic rings. The van der Waals surface area contributed by atoms with E-state index < -0.39 is 0 Å². The van der Waals surface area contributed by atoms with Gasteiger partial charge in [0.05, 0.1) is 0 Å². The molecule has 0 aromatic heterocycles. The van der Waals surface area contributed by atoms with Crippen LogP contribution < -0.4 is 5.32 Å². The van der Waals surface area contributed by atoms with Gasteiger partial charge in [0.25, 0.3) is 0 Å². The molecule has 0 bridgehead atoms. The van der Waals surface area contributed by atoms with Crippen molar-refractivity contribution in [1.29, 1.82) is 0 Å². The van der Waals surface area contributed by atoms with Gasteiger partial charge in [0.1, 0.15) is 0 Å². The van der Waals surface area contributed by atoms with Gasteiger partial charge in [0, 0.05) is 18.6 Å². The monoisotopic (exact) mass is 266 g/mol. The molecule has 19 heavy (non-hydrogen) atoms. The topological polar surface area (TPSA) is 15.3 Å². The van der Waals surface area contributed by atoms with Crippen LogP contribution in [0.15, 0.2) is 0 Å². The summed E-state index contributed by atoms with van der Waals surface area (Å²) in [5.74, 6) is 2.93. The fraction of sp³-hybridized carbons (Fsp3) is 1.00. The molecular weight excluding hydrogens is 232 g/mol. The minimum atomic E-state index is 0.738. The molecule has 2 heteroatoms. The summed E-state index contributed by atoms with van der Waals surface area (Å²) in [6.45, 7) is 9.55.